The first-order valence-electron chi connectivity index (χ1n) is 12.9. The van der Waals surface area contributed by atoms with Crippen LogP contribution in [-0.4, -0.2) is 59.8 Å². The zero-order valence-corrected chi connectivity index (χ0v) is 22.8. The fourth-order valence-corrected chi connectivity index (χ4v) is 4.35. The SMILES string of the molecule is C/C=C/[C@@H]1O[C@H]([C@@H](N)/C=C/C=C(\C)C[C@@H](C)/C=C(C)\C=C\[C@H](O)CC(N)CC(=O)OC)C[C@@H](O)[C@@H]1C. The Labute approximate surface area is 217 Å². The van der Waals surface area contributed by atoms with Crippen LogP contribution in [-0.2, 0) is 14.3 Å². The molecule has 0 saturated carbocycles. The third kappa shape index (κ3) is 12.3. The number of aliphatic hydroxyl groups is 2. The summed E-state index contributed by atoms with van der Waals surface area (Å²) in [5.41, 5.74) is 14.5. The molecule has 7 heteroatoms. The Morgan fingerprint density at radius 2 is 1.92 bits per heavy atom. The Bertz CT molecular complexity index is 816. The lowest BCUT2D eigenvalue weighted by molar-refractivity contribution is -0.141. The van der Waals surface area contributed by atoms with Crippen LogP contribution in [0.5, 0.6) is 0 Å². The van der Waals surface area contributed by atoms with E-state index in [0.717, 1.165) is 12.0 Å². The lowest BCUT2D eigenvalue weighted by Crippen LogP contribution is -2.48. The third-order valence-corrected chi connectivity index (χ3v) is 6.43. The summed E-state index contributed by atoms with van der Waals surface area (Å²) in [5.74, 6) is -0.0137. The van der Waals surface area contributed by atoms with Gasteiger partial charge < -0.3 is 31.2 Å². The smallest absolute Gasteiger partial charge is 0.307 e. The molecular formula is C29H48N2O5. The summed E-state index contributed by atoms with van der Waals surface area (Å²) in [7, 11) is 1.32. The Balaban J connectivity index is 2.56. The molecule has 1 saturated heterocycles. The molecule has 0 radical (unpaired) electrons. The molecule has 1 aliphatic heterocycles. The minimum absolute atomic E-state index is 0.0519. The molecular weight excluding hydrogens is 456 g/mol. The van der Waals surface area contributed by atoms with Gasteiger partial charge in [-0.1, -0.05) is 73.6 Å². The van der Waals surface area contributed by atoms with Gasteiger partial charge in [0.05, 0.1) is 37.9 Å². The van der Waals surface area contributed by atoms with Gasteiger partial charge in [-0.05, 0) is 39.5 Å². The number of allylic oxidation sites excluding steroid dienone is 7. The number of ether oxygens (including phenoxy) is 2. The van der Waals surface area contributed by atoms with Crippen LogP contribution in [0.3, 0.4) is 0 Å². The fraction of sp³-hybridized carbons (Fsp3) is 0.621. The molecule has 0 bridgehead atoms. The van der Waals surface area contributed by atoms with Gasteiger partial charge in [0.25, 0.3) is 0 Å². The normalized spacial score (nSPS) is 27.5. The molecule has 0 aromatic rings. The second kappa shape index (κ2) is 16.7. The van der Waals surface area contributed by atoms with Crippen molar-refractivity contribution < 1.29 is 24.5 Å². The molecule has 7 nitrogen and oxygen atoms in total. The minimum atomic E-state index is -0.718. The van der Waals surface area contributed by atoms with E-state index < -0.39 is 18.2 Å². The molecule has 0 spiro atoms. The average Bonchev–Trinajstić information content (AvgIpc) is 2.80. The number of hydrogen-bond acceptors (Lipinski definition) is 7. The monoisotopic (exact) mass is 504 g/mol. The van der Waals surface area contributed by atoms with Gasteiger partial charge in [-0.2, -0.15) is 0 Å². The Morgan fingerprint density at radius 1 is 1.22 bits per heavy atom. The lowest BCUT2D eigenvalue weighted by Gasteiger charge is -2.38. The molecule has 1 aliphatic rings. The highest BCUT2D eigenvalue weighted by Gasteiger charge is 2.35. The van der Waals surface area contributed by atoms with Gasteiger partial charge in [0.1, 0.15) is 0 Å². The first kappa shape index (κ1) is 32.0. The molecule has 6 N–H and O–H groups in total. The van der Waals surface area contributed by atoms with E-state index in [0.29, 0.717) is 18.8 Å². The van der Waals surface area contributed by atoms with E-state index in [4.69, 9.17) is 16.2 Å². The van der Waals surface area contributed by atoms with Crippen LogP contribution in [0.15, 0.2) is 59.8 Å². The first-order chi connectivity index (χ1) is 17.0. The minimum Gasteiger partial charge on any atom is -0.469 e. The summed E-state index contributed by atoms with van der Waals surface area (Å²) < 4.78 is 10.7. The van der Waals surface area contributed by atoms with Crippen LogP contribution in [0.25, 0.3) is 0 Å². The lowest BCUT2D eigenvalue weighted by atomic mass is 9.88. The Hall–Kier alpha value is -2.03. The maximum atomic E-state index is 11.3. The summed E-state index contributed by atoms with van der Waals surface area (Å²) in [6, 6.07) is -0.733. The van der Waals surface area contributed by atoms with Crippen LogP contribution in [0.4, 0.5) is 0 Å². The summed E-state index contributed by atoms with van der Waals surface area (Å²) in [6.45, 7) is 10.2. The fourth-order valence-electron chi connectivity index (χ4n) is 4.35. The molecule has 8 atom stereocenters. The van der Waals surface area contributed by atoms with E-state index in [-0.39, 0.29) is 36.6 Å². The highest BCUT2D eigenvalue weighted by atomic mass is 16.5. The molecule has 0 aromatic carbocycles. The zero-order chi connectivity index (χ0) is 27.3. The van der Waals surface area contributed by atoms with Crippen LogP contribution in [0, 0.1) is 11.8 Å². The number of methoxy groups -OCH3 is 1. The van der Waals surface area contributed by atoms with Gasteiger partial charge >= 0.3 is 5.97 Å². The second-order valence-corrected chi connectivity index (χ2v) is 10.1. The van der Waals surface area contributed by atoms with E-state index >= 15 is 0 Å². The number of carbonyl (C=O) groups excluding carboxylic acids is 1. The molecule has 1 fully saturated rings. The number of rotatable bonds is 13. The highest BCUT2D eigenvalue weighted by molar-refractivity contribution is 5.69. The van der Waals surface area contributed by atoms with Gasteiger partial charge in [-0.3, -0.25) is 4.79 Å². The van der Waals surface area contributed by atoms with Crippen molar-refractivity contribution in [3.63, 3.8) is 0 Å². The predicted octanol–water partition coefficient (Wildman–Crippen LogP) is 3.72. The molecule has 36 heavy (non-hydrogen) atoms. The van der Waals surface area contributed by atoms with Crippen molar-refractivity contribution in [2.45, 2.75) is 96.8 Å². The maximum absolute atomic E-state index is 11.3. The van der Waals surface area contributed by atoms with Crippen LogP contribution in [0.1, 0.15) is 60.3 Å². The van der Waals surface area contributed by atoms with Crippen molar-refractivity contribution in [1.29, 1.82) is 0 Å². The van der Waals surface area contributed by atoms with Crippen molar-refractivity contribution in [2.24, 2.45) is 23.3 Å². The van der Waals surface area contributed by atoms with Gasteiger partial charge in [0.2, 0.25) is 0 Å². The van der Waals surface area contributed by atoms with Crippen molar-refractivity contribution >= 4 is 5.97 Å². The molecule has 0 aliphatic carbocycles. The average molecular weight is 505 g/mol. The molecule has 1 rings (SSSR count). The summed E-state index contributed by atoms with van der Waals surface area (Å²) in [6.07, 6.45) is 15.9. The topological polar surface area (TPSA) is 128 Å². The van der Waals surface area contributed by atoms with Gasteiger partial charge in [0.15, 0.2) is 0 Å². The van der Waals surface area contributed by atoms with Crippen molar-refractivity contribution in [1.82, 2.24) is 0 Å². The van der Waals surface area contributed by atoms with Crippen molar-refractivity contribution in [3.8, 4) is 0 Å². The maximum Gasteiger partial charge on any atom is 0.307 e. The van der Waals surface area contributed by atoms with Gasteiger partial charge in [-0.25, -0.2) is 0 Å². The Morgan fingerprint density at radius 3 is 2.56 bits per heavy atom. The number of esters is 1. The number of nitrogens with two attached hydrogens (primary N) is 2. The van der Waals surface area contributed by atoms with E-state index in [9.17, 15) is 15.0 Å². The molecule has 1 unspecified atom stereocenters. The van der Waals surface area contributed by atoms with Gasteiger partial charge in [0, 0.05) is 24.4 Å². The molecule has 1 heterocycles. The van der Waals surface area contributed by atoms with Crippen molar-refractivity contribution in [2.75, 3.05) is 7.11 Å². The van der Waals surface area contributed by atoms with Crippen LogP contribution < -0.4 is 11.5 Å². The quantitative estimate of drug-likeness (QED) is 0.171. The number of hydrogen-bond donors (Lipinski definition) is 4. The Kier molecular flexibility index (Phi) is 14.8. The number of aliphatic hydroxyl groups excluding tert-OH is 2. The van der Waals surface area contributed by atoms with E-state index in [1.54, 1.807) is 6.08 Å². The van der Waals surface area contributed by atoms with Crippen LogP contribution >= 0.6 is 0 Å². The molecule has 0 amide bonds. The standard InChI is InChI=1S/C29H48N2O5/c1-7-9-27-22(5)26(33)18-28(36-27)25(31)11-8-10-19(2)14-21(4)15-20(3)12-13-24(32)16-23(30)17-29(34)35-6/h7-13,15,21-28,32-33H,14,16-18,30-31H2,1-6H3/b9-7+,11-8+,13-12+,19-10+,20-15-/t21-,22+,23?,24+,25+,26-,27+,28+/m1/s1. The summed E-state index contributed by atoms with van der Waals surface area (Å²) >= 11 is 0. The molecule has 0 aromatic heterocycles. The number of carbonyl (C=O) groups is 1. The van der Waals surface area contributed by atoms with E-state index in [1.807, 2.05) is 51.2 Å². The van der Waals surface area contributed by atoms with Gasteiger partial charge in [-0.15, -0.1) is 0 Å². The van der Waals surface area contributed by atoms with E-state index in [1.165, 1.54) is 12.7 Å². The second-order valence-electron chi connectivity index (χ2n) is 10.1. The predicted molar refractivity (Wildman–Crippen MR) is 146 cm³/mol. The third-order valence-electron chi connectivity index (χ3n) is 6.43. The van der Waals surface area contributed by atoms with Crippen molar-refractivity contribution in [3.05, 3.63) is 59.8 Å². The highest BCUT2D eigenvalue weighted by Crippen LogP contribution is 2.28. The first-order valence-corrected chi connectivity index (χ1v) is 12.9. The van der Waals surface area contributed by atoms with Crippen LogP contribution in [0.2, 0.25) is 0 Å². The van der Waals surface area contributed by atoms with E-state index in [2.05, 4.69) is 30.7 Å². The summed E-state index contributed by atoms with van der Waals surface area (Å²) in [5, 5.41) is 20.5. The largest absolute Gasteiger partial charge is 0.469 e. The zero-order valence-electron chi connectivity index (χ0n) is 22.8. The molecule has 204 valence electrons. The summed E-state index contributed by atoms with van der Waals surface area (Å²) in [4.78, 5) is 11.3.